The first kappa shape index (κ1) is 41.9. The summed E-state index contributed by atoms with van der Waals surface area (Å²) in [6.45, 7) is 12.2. The molecule has 1 fully saturated rings. The third-order valence-corrected chi connectivity index (χ3v) is 9.40. The number of β-lactam (4-membered cyclic amide) rings is 2. The van der Waals surface area contributed by atoms with E-state index in [1.54, 1.807) is 20.8 Å². The third-order valence-electron chi connectivity index (χ3n) is 8.88. The van der Waals surface area contributed by atoms with Gasteiger partial charge in [0, 0.05) is 11.1 Å². The van der Waals surface area contributed by atoms with E-state index in [0.717, 1.165) is 19.3 Å². The summed E-state index contributed by atoms with van der Waals surface area (Å²) in [6.07, 6.45) is 12.1. The first-order valence-corrected chi connectivity index (χ1v) is 18.4. The summed E-state index contributed by atoms with van der Waals surface area (Å²) in [5.41, 5.74) is -2.44. The number of hydrogen-bond acceptors (Lipinski definition) is 8. The fourth-order valence-electron chi connectivity index (χ4n) is 6.14. The Balaban J connectivity index is 2.03. The standard InChI is InChI=1S/C38H57ClN2O8/c1-8-11-12-13-14-15-16-17-18-19-25-48-30(42)27(4)49-31(43)28-21-20-22-29(26-28)40-33(45)38(39,32(44)36(5,6)7)41-34(46)37(23-9-2,24-10-3)35(41)47/h20-22,26-27H,8-19,23-25H2,1-7H3,(H,40,45). The van der Waals surface area contributed by atoms with Crippen LogP contribution < -0.4 is 5.32 Å². The van der Waals surface area contributed by atoms with Gasteiger partial charge in [0.2, 0.25) is 11.8 Å². The molecule has 10 nitrogen and oxygen atoms in total. The zero-order valence-electron chi connectivity index (χ0n) is 30.6. The molecule has 1 aromatic carbocycles. The Morgan fingerprint density at radius 2 is 1.37 bits per heavy atom. The van der Waals surface area contributed by atoms with Crippen molar-refractivity contribution in [1.82, 2.24) is 4.90 Å². The van der Waals surface area contributed by atoms with Gasteiger partial charge >= 0.3 is 11.9 Å². The lowest BCUT2D eigenvalue weighted by Gasteiger charge is -2.52. The number of esters is 2. The number of amides is 3. The van der Waals surface area contributed by atoms with Crippen LogP contribution >= 0.6 is 11.6 Å². The van der Waals surface area contributed by atoms with Gasteiger partial charge in [0.05, 0.1) is 12.2 Å². The Bertz CT molecular complexity index is 1300. The highest BCUT2D eigenvalue weighted by atomic mass is 35.5. The van der Waals surface area contributed by atoms with Gasteiger partial charge in [-0.05, 0) is 44.4 Å². The molecule has 3 amide bonds. The monoisotopic (exact) mass is 704 g/mol. The number of carbonyl (C=O) groups excluding carboxylic acids is 6. The Hall–Kier alpha value is -3.27. The van der Waals surface area contributed by atoms with Crippen molar-refractivity contribution >= 4 is 52.7 Å². The Kier molecular flexibility index (Phi) is 16.4. The van der Waals surface area contributed by atoms with Crippen molar-refractivity contribution in [3.8, 4) is 0 Å². The number of likely N-dealkylation sites (tertiary alicyclic amines) is 1. The third kappa shape index (κ3) is 10.6. The van der Waals surface area contributed by atoms with E-state index in [1.165, 1.54) is 76.1 Å². The van der Waals surface area contributed by atoms with E-state index >= 15 is 0 Å². The van der Waals surface area contributed by atoms with E-state index in [2.05, 4.69) is 12.2 Å². The number of ether oxygens (including phenoxy) is 2. The van der Waals surface area contributed by atoms with Crippen LogP contribution in [0.25, 0.3) is 0 Å². The number of hydrogen-bond donors (Lipinski definition) is 1. The minimum absolute atomic E-state index is 0.00970. The molecule has 0 aromatic heterocycles. The number of rotatable bonds is 22. The van der Waals surface area contributed by atoms with E-state index in [4.69, 9.17) is 21.1 Å². The summed E-state index contributed by atoms with van der Waals surface area (Å²) < 4.78 is 10.6. The van der Waals surface area contributed by atoms with Crippen LogP contribution in [0.1, 0.15) is 149 Å². The molecule has 49 heavy (non-hydrogen) atoms. The fraction of sp³-hybridized carbons (Fsp3) is 0.684. The molecular weight excluding hydrogens is 648 g/mol. The molecule has 1 saturated heterocycles. The highest BCUT2D eigenvalue weighted by Crippen LogP contribution is 2.48. The normalized spacial score (nSPS) is 16.0. The fourth-order valence-corrected chi connectivity index (χ4v) is 6.63. The molecule has 2 unspecified atom stereocenters. The minimum atomic E-state index is -2.65. The maximum atomic E-state index is 13.8. The van der Waals surface area contributed by atoms with Gasteiger partial charge in [-0.25, -0.2) is 14.5 Å². The molecule has 2 rings (SSSR count). The number of alkyl halides is 1. The maximum Gasteiger partial charge on any atom is 0.347 e. The highest BCUT2D eigenvalue weighted by molar-refractivity contribution is 6.51. The van der Waals surface area contributed by atoms with Crippen molar-refractivity contribution in [2.45, 2.75) is 149 Å². The largest absolute Gasteiger partial charge is 0.463 e. The molecule has 1 heterocycles. The van der Waals surface area contributed by atoms with Crippen molar-refractivity contribution in [2.24, 2.45) is 10.8 Å². The smallest absolute Gasteiger partial charge is 0.347 e. The van der Waals surface area contributed by atoms with Gasteiger partial charge in [-0.1, -0.05) is 130 Å². The SMILES string of the molecule is CCCCCCCCCCCCOC(=O)C(C)OC(=O)c1cccc(NC(=O)C(Cl)(C(=O)C(C)(C)C)N2C(=O)C(CCC)(CCC)C2=O)c1. The second-order valence-electron chi connectivity index (χ2n) is 14.2. The van der Waals surface area contributed by atoms with Crippen LogP contribution in [0.15, 0.2) is 24.3 Å². The molecule has 274 valence electrons. The molecule has 2 atom stereocenters. The van der Waals surface area contributed by atoms with Crippen LogP contribution in [0.5, 0.6) is 0 Å². The summed E-state index contributed by atoms with van der Waals surface area (Å²) in [5.74, 6) is -4.74. The van der Waals surface area contributed by atoms with Crippen LogP contribution in [-0.2, 0) is 33.4 Å². The Morgan fingerprint density at radius 1 is 0.837 bits per heavy atom. The maximum absolute atomic E-state index is 13.8. The lowest BCUT2D eigenvalue weighted by molar-refractivity contribution is -0.187. The second-order valence-corrected chi connectivity index (χ2v) is 14.7. The summed E-state index contributed by atoms with van der Waals surface area (Å²) in [4.78, 5) is 77.9. The molecule has 1 aliphatic rings. The number of halogens is 1. The Labute approximate surface area is 297 Å². The zero-order chi connectivity index (χ0) is 36.8. The van der Waals surface area contributed by atoms with Crippen molar-refractivity contribution in [1.29, 1.82) is 0 Å². The molecule has 0 radical (unpaired) electrons. The quantitative estimate of drug-likeness (QED) is 0.0319. The van der Waals surface area contributed by atoms with Crippen LogP contribution in [0.4, 0.5) is 5.69 Å². The van der Waals surface area contributed by atoms with Gasteiger partial charge < -0.3 is 14.8 Å². The van der Waals surface area contributed by atoms with Crippen molar-refractivity contribution < 1.29 is 38.2 Å². The second kappa shape index (κ2) is 19.2. The zero-order valence-corrected chi connectivity index (χ0v) is 31.3. The molecule has 1 N–H and O–H groups in total. The molecular formula is C38H57ClN2O8. The van der Waals surface area contributed by atoms with E-state index < -0.39 is 57.4 Å². The molecule has 0 aliphatic carbocycles. The number of benzene rings is 1. The van der Waals surface area contributed by atoms with Gasteiger partial charge in [-0.15, -0.1) is 0 Å². The van der Waals surface area contributed by atoms with Crippen LogP contribution in [0, 0.1) is 10.8 Å². The van der Waals surface area contributed by atoms with Gasteiger partial charge in [0.15, 0.2) is 11.9 Å². The molecule has 0 saturated carbocycles. The minimum Gasteiger partial charge on any atom is -0.463 e. The number of unbranched alkanes of at least 4 members (excludes halogenated alkanes) is 9. The number of anilines is 1. The van der Waals surface area contributed by atoms with Gasteiger partial charge in [0.25, 0.3) is 10.9 Å². The number of nitrogens with one attached hydrogen (secondary N) is 1. The van der Waals surface area contributed by atoms with E-state index in [0.29, 0.717) is 17.7 Å². The van der Waals surface area contributed by atoms with E-state index in [-0.39, 0.29) is 30.7 Å². The molecule has 11 heteroatoms. The first-order valence-electron chi connectivity index (χ1n) is 18.0. The summed E-state index contributed by atoms with van der Waals surface area (Å²) >= 11 is 6.78. The first-order chi connectivity index (χ1) is 23.1. The van der Waals surface area contributed by atoms with E-state index in [9.17, 15) is 28.8 Å². The summed E-state index contributed by atoms with van der Waals surface area (Å²) in [6, 6.07) is 5.64. The molecule has 0 spiro atoms. The Morgan fingerprint density at radius 3 is 1.88 bits per heavy atom. The lowest BCUT2D eigenvalue weighted by atomic mass is 9.69. The van der Waals surface area contributed by atoms with Gasteiger partial charge in [0.1, 0.15) is 5.41 Å². The number of nitrogens with zero attached hydrogens (tertiary/aromatic N) is 1. The van der Waals surface area contributed by atoms with E-state index in [1.807, 2.05) is 13.8 Å². The summed E-state index contributed by atoms with van der Waals surface area (Å²) in [5, 5.41) is 2.51. The predicted molar refractivity (Wildman–Crippen MR) is 190 cm³/mol. The van der Waals surface area contributed by atoms with Crippen LogP contribution in [-0.4, -0.2) is 58.1 Å². The molecule has 0 bridgehead atoms. The van der Waals surface area contributed by atoms with Crippen molar-refractivity contribution in [3.63, 3.8) is 0 Å². The van der Waals surface area contributed by atoms with Crippen molar-refractivity contribution in [2.75, 3.05) is 11.9 Å². The topological polar surface area (TPSA) is 136 Å². The van der Waals surface area contributed by atoms with Crippen molar-refractivity contribution in [3.05, 3.63) is 29.8 Å². The van der Waals surface area contributed by atoms with Gasteiger partial charge in [-0.3, -0.25) is 19.2 Å². The number of carbonyl (C=O) groups is 6. The summed E-state index contributed by atoms with van der Waals surface area (Å²) in [7, 11) is 0. The number of imide groups is 1. The van der Waals surface area contributed by atoms with Crippen LogP contribution in [0.2, 0.25) is 0 Å². The molecule has 1 aliphatic heterocycles. The van der Waals surface area contributed by atoms with Crippen LogP contribution in [0.3, 0.4) is 0 Å². The molecule has 1 aromatic rings. The number of ketones is 1. The predicted octanol–water partition coefficient (Wildman–Crippen LogP) is 8.14. The average Bonchev–Trinajstić information content (AvgIpc) is 3.06. The lowest BCUT2D eigenvalue weighted by Crippen LogP contribution is -2.76. The number of Topliss-reactive ketones (excluding diaryl/α,β-unsaturated/α-hetero) is 1. The van der Waals surface area contributed by atoms with Gasteiger partial charge in [-0.2, -0.15) is 0 Å². The average molecular weight is 705 g/mol. The highest BCUT2D eigenvalue weighted by Gasteiger charge is 2.70.